The van der Waals surface area contributed by atoms with Gasteiger partial charge in [0.2, 0.25) is 0 Å². The lowest BCUT2D eigenvalue weighted by Gasteiger charge is -2.14. The Balaban J connectivity index is 2.22. The molecule has 0 saturated heterocycles. The van der Waals surface area contributed by atoms with E-state index in [2.05, 4.69) is 0 Å². The topological polar surface area (TPSA) is 91.7 Å². The molecule has 0 radical (unpaired) electrons. The Morgan fingerprint density at radius 2 is 1.57 bits per heavy atom. The lowest BCUT2D eigenvalue weighted by molar-refractivity contribution is -0.137. The zero-order valence-corrected chi connectivity index (χ0v) is 12.8. The highest BCUT2D eigenvalue weighted by Crippen LogP contribution is 2.33. The summed E-state index contributed by atoms with van der Waals surface area (Å²) in [5.41, 5.74) is 0.446. The van der Waals surface area contributed by atoms with E-state index in [1.165, 1.54) is 0 Å². The first kappa shape index (κ1) is 16.9. The van der Waals surface area contributed by atoms with Crippen molar-refractivity contribution in [3.8, 4) is 0 Å². The van der Waals surface area contributed by atoms with E-state index in [0.717, 1.165) is 18.4 Å². The predicted octanol–water partition coefficient (Wildman–Crippen LogP) is 2.84. The molecular formula is C18H20O5. The van der Waals surface area contributed by atoms with E-state index >= 15 is 0 Å². The summed E-state index contributed by atoms with van der Waals surface area (Å²) in [7, 11) is 0. The number of carboxylic acids is 2. The summed E-state index contributed by atoms with van der Waals surface area (Å²) in [4.78, 5) is 35.2. The van der Waals surface area contributed by atoms with Gasteiger partial charge in [0, 0.05) is 12.8 Å². The largest absolute Gasteiger partial charge is 0.478 e. The average Bonchev–Trinajstić information content (AvgIpc) is 3.01. The van der Waals surface area contributed by atoms with Gasteiger partial charge in [0.05, 0.1) is 11.1 Å². The number of hydrogen-bond acceptors (Lipinski definition) is 3. The van der Waals surface area contributed by atoms with Gasteiger partial charge >= 0.3 is 11.9 Å². The summed E-state index contributed by atoms with van der Waals surface area (Å²) in [5, 5.41) is 18.8. The van der Waals surface area contributed by atoms with Crippen molar-refractivity contribution in [2.45, 2.75) is 38.5 Å². The van der Waals surface area contributed by atoms with E-state index < -0.39 is 11.9 Å². The second-order valence-electron chi connectivity index (χ2n) is 5.86. The molecule has 1 saturated carbocycles. The van der Waals surface area contributed by atoms with Gasteiger partial charge in [-0.25, -0.2) is 9.59 Å². The van der Waals surface area contributed by atoms with Crippen LogP contribution in [0.1, 0.15) is 37.7 Å². The molecule has 0 amide bonds. The second-order valence-corrected chi connectivity index (χ2v) is 5.86. The normalized spacial score (nSPS) is 16.0. The highest BCUT2D eigenvalue weighted by Gasteiger charge is 2.30. The van der Waals surface area contributed by atoms with Gasteiger partial charge in [-0.2, -0.15) is 0 Å². The molecule has 1 aromatic carbocycles. The van der Waals surface area contributed by atoms with Crippen LogP contribution in [0.2, 0.25) is 0 Å². The Kier molecular flexibility index (Phi) is 5.68. The van der Waals surface area contributed by atoms with Crippen LogP contribution in [0.15, 0.2) is 41.5 Å². The minimum atomic E-state index is -1.31. The molecular weight excluding hydrogens is 296 g/mol. The first-order chi connectivity index (χ1) is 11.0. The van der Waals surface area contributed by atoms with Crippen LogP contribution < -0.4 is 0 Å². The van der Waals surface area contributed by atoms with Crippen LogP contribution in [0, 0.1) is 5.92 Å². The zero-order chi connectivity index (χ0) is 16.8. The third-order valence-electron chi connectivity index (χ3n) is 4.20. The quantitative estimate of drug-likeness (QED) is 0.755. The van der Waals surface area contributed by atoms with Crippen LogP contribution in [-0.2, 0) is 20.8 Å². The molecule has 5 heteroatoms. The number of carbonyl (C=O) groups excluding carboxylic acids is 1. The van der Waals surface area contributed by atoms with Crippen molar-refractivity contribution in [2.75, 3.05) is 0 Å². The molecule has 2 N–H and O–H groups in total. The summed E-state index contributed by atoms with van der Waals surface area (Å²) in [6, 6.07) is 9.02. The van der Waals surface area contributed by atoms with Gasteiger partial charge in [0.25, 0.3) is 0 Å². The van der Waals surface area contributed by atoms with Gasteiger partial charge in [-0.3, -0.25) is 4.79 Å². The molecule has 1 aliphatic rings. The molecule has 1 aromatic rings. The van der Waals surface area contributed by atoms with Gasteiger partial charge in [0.1, 0.15) is 5.78 Å². The van der Waals surface area contributed by atoms with Gasteiger partial charge in [0.15, 0.2) is 0 Å². The van der Waals surface area contributed by atoms with Crippen LogP contribution in [0.4, 0.5) is 0 Å². The van der Waals surface area contributed by atoms with Crippen molar-refractivity contribution < 1.29 is 24.6 Å². The Morgan fingerprint density at radius 1 is 0.957 bits per heavy atom. The van der Waals surface area contributed by atoms with Crippen LogP contribution in [-0.4, -0.2) is 27.9 Å². The standard InChI is InChI=1S/C18H20O5/c19-14(10-12-6-2-1-3-7-12)11-15(17(20)21)16(18(22)23)13-8-4-5-9-13/h1-3,6-7,13H,4-5,8-11H2,(H,20,21)(H,22,23)/b16-15+. The zero-order valence-electron chi connectivity index (χ0n) is 12.8. The summed E-state index contributed by atoms with van der Waals surface area (Å²) < 4.78 is 0. The molecule has 122 valence electrons. The molecule has 0 spiro atoms. The number of hydrogen-bond donors (Lipinski definition) is 2. The lowest BCUT2D eigenvalue weighted by atomic mass is 9.89. The van der Waals surface area contributed by atoms with Crippen molar-refractivity contribution in [1.29, 1.82) is 0 Å². The number of Topliss-reactive ketones (excluding diaryl/α,β-unsaturated/α-hetero) is 1. The fourth-order valence-electron chi connectivity index (χ4n) is 3.13. The number of carboxylic acid groups (broad SMARTS) is 2. The van der Waals surface area contributed by atoms with Gasteiger partial charge in [-0.15, -0.1) is 0 Å². The molecule has 23 heavy (non-hydrogen) atoms. The van der Waals surface area contributed by atoms with Crippen LogP contribution in [0.25, 0.3) is 0 Å². The van der Waals surface area contributed by atoms with Crippen LogP contribution in [0.5, 0.6) is 0 Å². The summed E-state index contributed by atoms with van der Waals surface area (Å²) in [5.74, 6) is -3.08. The maximum Gasteiger partial charge on any atom is 0.332 e. The second kappa shape index (κ2) is 7.72. The van der Waals surface area contributed by atoms with E-state index in [-0.39, 0.29) is 35.7 Å². The van der Waals surface area contributed by atoms with Crippen molar-refractivity contribution in [2.24, 2.45) is 5.92 Å². The third kappa shape index (κ3) is 4.52. The van der Waals surface area contributed by atoms with E-state index in [4.69, 9.17) is 0 Å². The minimum absolute atomic E-state index is 0.0867. The SMILES string of the molecule is O=C(C/C(C(=O)O)=C(\C(=O)O)C1CCCC1)Cc1ccccc1. The first-order valence-corrected chi connectivity index (χ1v) is 7.74. The molecule has 2 rings (SSSR count). The molecule has 0 atom stereocenters. The maximum atomic E-state index is 12.2. The molecule has 5 nitrogen and oxygen atoms in total. The van der Waals surface area contributed by atoms with Gasteiger partial charge in [-0.05, 0) is 24.3 Å². The monoisotopic (exact) mass is 316 g/mol. The Labute approximate surface area is 134 Å². The van der Waals surface area contributed by atoms with Gasteiger partial charge in [-0.1, -0.05) is 43.2 Å². The third-order valence-corrected chi connectivity index (χ3v) is 4.20. The maximum absolute atomic E-state index is 12.2. The van der Waals surface area contributed by atoms with E-state index in [1.807, 2.05) is 6.07 Å². The molecule has 1 fully saturated rings. The Bertz CT molecular complexity index is 624. The molecule has 1 aliphatic carbocycles. The predicted molar refractivity (Wildman–Crippen MR) is 84.0 cm³/mol. The average molecular weight is 316 g/mol. The van der Waals surface area contributed by atoms with Gasteiger partial charge < -0.3 is 10.2 Å². The van der Waals surface area contributed by atoms with E-state index in [1.54, 1.807) is 24.3 Å². The Morgan fingerprint density at radius 3 is 2.09 bits per heavy atom. The number of aliphatic carboxylic acids is 2. The number of benzene rings is 1. The van der Waals surface area contributed by atoms with Crippen LogP contribution >= 0.6 is 0 Å². The van der Waals surface area contributed by atoms with Crippen molar-refractivity contribution in [1.82, 2.24) is 0 Å². The smallest absolute Gasteiger partial charge is 0.332 e. The number of ketones is 1. The highest BCUT2D eigenvalue weighted by atomic mass is 16.4. The summed E-state index contributed by atoms with van der Waals surface area (Å²) in [6.07, 6.45) is 2.90. The van der Waals surface area contributed by atoms with E-state index in [0.29, 0.717) is 12.8 Å². The number of carbonyl (C=O) groups is 3. The van der Waals surface area contributed by atoms with Crippen molar-refractivity contribution in [3.05, 3.63) is 47.0 Å². The highest BCUT2D eigenvalue weighted by molar-refractivity contribution is 6.03. The Hall–Kier alpha value is -2.43. The molecule has 0 bridgehead atoms. The fraction of sp³-hybridized carbons (Fsp3) is 0.389. The molecule has 0 heterocycles. The fourth-order valence-corrected chi connectivity index (χ4v) is 3.13. The summed E-state index contributed by atoms with van der Waals surface area (Å²) in [6.45, 7) is 0. The van der Waals surface area contributed by atoms with Crippen molar-refractivity contribution in [3.63, 3.8) is 0 Å². The molecule has 0 aromatic heterocycles. The lowest BCUT2D eigenvalue weighted by Crippen LogP contribution is -2.20. The summed E-state index contributed by atoms with van der Waals surface area (Å²) >= 11 is 0. The van der Waals surface area contributed by atoms with Crippen molar-refractivity contribution >= 4 is 17.7 Å². The molecule has 0 aliphatic heterocycles. The van der Waals surface area contributed by atoms with E-state index in [9.17, 15) is 24.6 Å². The molecule has 0 unspecified atom stereocenters. The first-order valence-electron chi connectivity index (χ1n) is 7.74. The minimum Gasteiger partial charge on any atom is -0.478 e. The van der Waals surface area contributed by atoms with Crippen LogP contribution in [0.3, 0.4) is 0 Å². The number of rotatable bonds is 7.